The molecule has 3 N–H and O–H groups in total. The molecule has 3 atom stereocenters. The minimum absolute atomic E-state index is 0.0888. The summed E-state index contributed by atoms with van der Waals surface area (Å²) in [6, 6.07) is 28.6. The Morgan fingerprint density at radius 1 is 0.812 bits per heavy atom. The van der Waals surface area contributed by atoms with Crippen molar-refractivity contribution >= 4 is 40.4 Å². The molecular formula is C39H46N3O5S-. The number of thioether (sulfide) groups is 1. The van der Waals surface area contributed by atoms with Gasteiger partial charge in [0.05, 0.1) is 12.1 Å². The van der Waals surface area contributed by atoms with Crippen molar-refractivity contribution in [3.63, 3.8) is 0 Å². The molecule has 0 radical (unpaired) electrons. The van der Waals surface area contributed by atoms with E-state index in [2.05, 4.69) is 10.6 Å². The van der Waals surface area contributed by atoms with Gasteiger partial charge >= 0.3 is 0 Å². The first-order chi connectivity index (χ1) is 22.6. The van der Waals surface area contributed by atoms with Crippen LogP contribution in [-0.2, 0) is 17.6 Å². The van der Waals surface area contributed by atoms with Crippen molar-refractivity contribution in [3.8, 4) is 0 Å². The van der Waals surface area contributed by atoms with Crippen molar-refractivity contribution < 1.29 is 24.6 Å². The van der Waals surface area contributed by atoms with Crippen LogP contribution in [0.3, 0.4) is 0 Å². The average Bonchev–Trinajstić information content (AvgIpc) is 3.01. The van der Waals surface area contributed by atoms with E-state index < -0.39 is 41.3 Å². The third kappa shape index (κ3) is 10.1. The number of rotatable bonds is 12. The van der Waals surface area contributed by atoms with E-state index >= 15 is 0 Å². The van der Waals surface area contributed by atoms with Crippen LogP contribution in [0.15, 0.2) is 102 Å². The molecule has 0 aliphatic carbocycles. The SMILES string of the molecule is CC(C)(C)NC(=O)c1ccccc1C[C@@H](O)[C@H](Cc1ccccc1)NC(=O)[C@@H](CSc1ccc2ccccc2c1)N(C(=O)[O-])C(C)(C)C. The molecule has 0 aromatic heterocycles. The zero-order valence-corrected chi connectivity index (χ0v) is 29.3. The molecule has 4 rings (SSSR count). The highest BCUT2D eigenvalue weighted by Gasteiger charge is 2.36. The Hall–Kier alpha value is -4.34. The quantitative estimate of drug-likeness (QED) is 0.169. The summed E-state index contributed by atoms with van der Waals surface area (Å²) in [5.74, 6) is -0.671. The van der Waals surface area contributed by atoms with Gasteiger partial charge < -0.3 is 30.5 Å². The summed E-state index contributed by atoms with van der Waals surface area (Å²) in [6.45, 7) is 10.9. The van der Waals surface area contributed by atoms with Crippen molar-refractivity contribution in [2.24, 2.45) is 0 Å². The Labute approximate surface area is 287 Å². The van der Waals surface area contributed by atoms with Gasteiger partial charge in [-0.15, -0.1) is 11.8 Å². The fraction of sp³-hybridized carbons (Fsp3) is 0.359. The van der Waals surface area contributed by atoms with Crippen molar-refractivity contribution in [1.29, 1.82) is 0 Å². The number of aliphatic hydroxyl groups excluding tert-OH is 1. The first kappa shape index (κ1) is 36.5. The molecule has 4 aromatic carbocycles. The van der Waals surface area contributed by atoms with E-state index in [9.17, 15) is 24.6 Å². The molecule has 9 heteroatoms. The number of carbonyl (C=O) groups is 3. The first-order valence-electron chi connectivity index (χ1n) is 16.2. The van der Waals surface area contributed by atoms with Gasteiger partial charge in [0.1, 0.15) is 12.1 Å². The van der Waals surface area contributed by atoms with Crippen LogP contribution in [0, 0.1) is 0 Å². The number of hydrogen-bond acceptors (Lipinski definition) is 6. The molecule has 48 heavy (non-hydrogen) atoms. The zero-order valence-electron chi connectivity index (χ0n) is 28.5. The molecule has 4 aromatic rings. The summed E-state index contributed by atoms with van der Waals surface area (Å²) in [5, 5.41) is 32.4. The monoisotopic (exact) mass is 668 g/mol. The largest absolute Gasteiger partial charge is 0.530 e. The predicted molar refractivity (Wildman–Crippen MR) is 191 cm³/mol. The molecule has 0 spiro atoms. The Bertz CT molecular complexity index is 1710. The molecule has 0 aliphatic heterocycles. The number of carboxylic acid groups (broad SMARTS) is 1. The van der Waals surface area contributed by atoms with Gasteiger partial charge in [-0.1, -0.05) is 78.9 Å². The van der Waals surface area contributed by atoms with Gasteiger partial charge in [0.25, 0.3) is 5.91 Å². The Morgan fingerprint density at radius 2 is 1.44 bits per heavy atom. The van der Waals surface area contributed by atoms with Gasteiger partial charge in [-0.25, -0.2) is 0 Å². The van der Waals surface area contributed by atoms with Crippen molar-refractivity contribution in [2.75, 3.05) is 5.75 Å². The summed E-state index contributed by atoms with van der Waals surface area (Å²) in [4.78, 5) is 41.9. The minimum Gasteiger partial charge on any atom is -0.530 e. The molecule has 3 amide bonds. The average molecular weight is 669 g/mol. The van der Waals surface area contributed by atoms with Crippen LogP contribution in [0.25, 0.3) is 10.8 Å². The highest BCUT2D eigenvalue weighted by Crippen LogP contribution is 2.28. The van der Waals surface area contributed by atoms with Crippen molar-refractivity contribution in [3.05, 3.63) is 114 Å². The Morgan fingerprint density at radius 3 is 2.08 bits per heavy atom. The zero-order chi connectivity index (χ0) is 35.1. The van der Waals surface area contributed by atoms with Crippen LogP contribution in [0.4, 0.5) is 4.79 Å². The minimum atomic E-state index is -1.46. The molecule has 0 saturated carbocycles. The fourth-order valence-electron chi connectivity index (χ4n) is 5.69. The number of aliphatic hydroxyl groups is 1. The molecular weight excluding hydrogens is 623 g/mol. The van der Waals surface area contributed by atoms with Gasteiger partial charge in [-0.05, 0) is 88.1 Å². The first-order valence-corrected chi connectivity index (χ1v) is 17.2. The molecule has 254 valence electrons. The molecule has 0 aliphatic rings. The van der Waals surface area contributed by atoms with Gasteiger partial charge in [-0.2, -0.15) is 0 Å². The van der Waals surface area contributed by atoms with E-state index in [-0.39, 0.29) is 24.5 Å². The molecule has 0 bridgehead atoms. The van der Waals surface area contributed by atoms with Crippen molar-refractivity contribution in [1.82, 2.24) is 15.5 Å². The Balaban J connectivity index is 1.63. The predicted octanol–water partition coefficient (Wildman–Crippen LogP) is 5.60. The number of carbonyl (C=O) groups excluding carboxylic acids is 3. The van der Waals surface area contributed by atoms with E-state index in [0.717, 1.165) is 26.1 Å². The van der Waals surface area contributed by atoms with Crippen molar-refractivity contribution in [2.45, 2.75) is 88.5 Å². The maximum absolute atomic E-state index is 14.2. The van der Waals surface area contributed by atoms with Crippen LogP contribution in [0.5, 0.6) is 0 Å². The third-order valence-corrected chi connectivity index (χ3v) is 9.00. The lowest BCUT2D eigenvalue weighted by Crippen LogP contribution is -2.63. The van der Waals surface area contributed by atoms with E-state index in [0.29, 0.717) is 11.1 Å². The number of benzene rings is 4. The number of hydrogen-bond donors (Lipinski definition) is 3. The molecule has 0 unspecified atom stereocenters. The van der Waals surface area contributed by atoms with E-state index in [1.807, 2.05) is 99.6 Å². The number of nitrogens with one attached hydrogen (secondary N) is 2. The highest BCUT2D eigenvalue weighted by atomic mass is 32.2. The second-order valence-corrected chi connectivity index (χ2v) is 15.2. The lowest BCUT2D eigenvalue weighted by molar-refractivity contribution is -0.272. The van der Waals surface area contributed by atoms with Gasteiger partial charge in [0.15, 0.2) is 0 Å². The van der Waals surface area contributed by atoms with Crippen LogP contribution in [0.1, 0.15) is 63.0 Å². The lowest BCUT2D eigenvalue weighted by atomic mass is 9.93. The smallest absolute Gasteiger partial charge is 0.251 e. The third-order valence-electron chi connectivity index (χ3n) is 7.93. The topological polar surface area (TPSA) is 122 Å². The van der Waals surface area contributed by atoms with Gasteiger partial charge in [-0.3, -0.25) is 9.59 Å². The number of nitrogens with zero attached hydrogens (tertiary/aromatic N) is 1. The number of fused-ring (bicyclic) bond motifs is 1. The maximum atomic E-state index is 14.2. The molecule has 8 nitrogen and oxygen atoms in total. The number of amides is 3. The van der Waals surface area contributed by atoms with Crippen LogP contribution < -0.4 is 15.7 Å². The van der Waals surface area contributed by atoms with Crippen LogP contribution in [0.2, 0.25) is 0 Å². The second kappa shape index (κ2) is 15.7. The highest BCUT2D eigenvalue weighted by molar-refractivity contribution is 7.99. The second-order valence-electron chi connectivity index (χ2n) is 14.1. The summed E-state index contributed by atoms with van der Waals surface area (Å²) in [6.07, 6.45) is -2.18. The summed E-state index contributed by atoms with van der Waals surface area (Å²) in [5.41, 5.74) is 0.558. The fourth-order valence-corrected chi connectivity index (χ4v) is 6.72. The normalized spacial score (nSPS) is 13.7. The Kier molecular flexibility index (Phi) is 11.9. The maximum Gasteiger partial charge on any atom is 0.251 e. The van der Waals surface area contributed by atoms with Gasteiger partial charge in [0.2, 0.25) is 5.91 Å². The summed E-state index contributed by atoms with van der Waals surface area (Å²) in [7, 11) is 0. The molecule has 0 fully saturated rings. The lowest BCUT2D eigenvalue weighted by Gasteiger charge is -2.43. The summed E-state index contributed by atoms with van der Waals surface area (Å²) >= 11 is 1.38. The molecule has 0 heterocycles. The van der Waals surface area contributed by atoms with E-state index in [1.165, 1.54) is 11.8 Å². The van der Waals surface area contributed by atoms with Crippen LogP contribution in [-0.4, -0.2) is 62.9 Å². The molecule has 0 saturated heterocycles. The van der Waals surface area contributed by atoms with E-state index in [1.54, 1.807) is 39.0 Å². The standard InChI is InChI=1S/C39H47N3O5S/c1-38(2,3)41-35(44)31-19-13-12-18-29(31)24-34(43)32(22-26-14-8-7-9-15-26)40-36(45)33(42(37(46)47)39(4,5)6)25-48-30-21-20-27-16-10-11-17-28(27)23-30/h7-21,23,32-34,43H,22,24-25H2,1-6H3,(H,40,45)(H,41,44)(H,46,47)/p-1/t32-,33+,34+/m0/s1. The summed E-state index contributed by atoms with van der Waals surface area (Å²) < 4.78 is 0. The van der Waals surface area contributed by atoms with E-state index in [4.69, 9.17) is 0 Å². The van der Waals surface area contributed by atoms with Crippen LogP contribution >= 0.6 is 11.8 Å². The van der Waals surface area contributed by atoms with Gasteiger partial charge in [0, 0.05) is 33.7 Å².